The molecular weight excluding hydrogens is 351 g/mol. The highest BCUT2D eigenvalue weighted by Gasteiger charge is 2.12. The number of nitrogens with zero attached hydrogens (tertiary/aromatic N) is 1. The van der Waals surface area contributed by atoms with Gasteiger partial charge >= 0.3 is 0 Å². The van der Waals surface area contributed by atoms with Crippen LogP contribution in [0.2, 0.25) is 10.0 Å². The molecule has 0 bridgehead atoms. The van der Waals surface area contributed by atoms with Gasteiger partial charge in [-0.1, -0.05) is 23.2 Å². The van der Waals surface area contributed by atoms with Crippen LogP contribution in [0.5, 0.6) is 11.7 Å². The van der Waals surface area contributed by atoms with Crippen molar-refractivity contribution in [1.29, 1.82) is 0 Å². The van der Waals surface area contributed by atoms with E-state index in [1.165, 1.54) is 6.07 Å². The number of ether oxygens (including phenoxy) is 1. The first-order valence-corrected chi connectivity index (χ1v) is 7.76. The molecule has 0 spiro atoms. The highest BCUT2D eigenvalue weighted by molar-refractivity contribution is 6.34. The maximum Gasteiger partial charge on any atom is 0.290 e. The Morgan fingerprint density at radius 2 is 1.79 bits per heavy atom. The molecule has 1 aromatic carbocycles. The van der Waals surface area contributed by atoms with Crippen molar-refractivity contribution in [1.82, 2.24) is 10.3 Å². The number of nitrogens with one attached hydrogen (secondary N) is 1. The number of carbonyl (C=O) groups excluding carboxylic acids is 1. The van der Waals surface area contributed by atoms with E-state index >= 15 is 0 Å². The molecule has 24 heavy (non-hydrogen) atoms. The molecule has 5 nitrogen and oxygen atoms in total. The van der Waals surface area contributed by atoms with Crippen molar-refractivity contribution in [3.05, 3.63) is 76.2 Å². The van der Waals surface area contributed by atoms with Crippen LogP contribution in [0.3, 0.4) is 0 Å². The number of furan rings is 1. The average Bonchev–Trinajstić information content (AvgIpc) is 3.01. The third-order valence-electron chi connectivity index (χ3n) is 3.06. The predicted octanol–water partition coefficient (Wildman–Crippen LogP) is 4.70. The highest BCUT2D eigenvalue weighted by Crippen LogP contribution is 2.29. The molecule has 0 fully saturated rings. The van der Waals surface area contributed by atoms with E-state index in [1.807, 2.05) is 12.1 Å². The zero-order chi connectivity index (χ0) is 16.9. The number of aromatic nitrogens is 1. The molecule has 3 rings (SSSR count). The molecule has 0 radical (unpaired) electrons. The van der Waals surface area contributed by atoms with Crippen molar-refractivity contribution in [2.24, 2.45) is 0 Å². The molecule has 0 aliphatic carbocycles. The molecule has 2 heterocycles. The van der Waals surface area contributed by atoms with E-state index in [0.717, 1.165) is 5.56 Å². The third-order valence-corrected chi connectivity index (χ3v) is 3.50. The van der Waals surface area contributed by atoms with Gasteiger partial charge in [0.15, 0.2) is 5.76 Å². The SMILES string of the molecule is O=C(NCc1ccncc1)c1ccc(Oc2cc(Cl)cc(Cl)c2)o1. The number of hydrogen-bond acceptors (Lipinski definition) is 4. The van der Waals surface area contributed by atoms with Crippen LogP contribution in [-0.4, -0.2) is 10.9 Å². The van der Waals surface area contributed by atoms with Gasteiger partial charge < -0.3 is 14.5 Å². The average molecular weight is 363 g/mol. The first-order chi connectivity index (χ1) is 11.6. The lowest BCUT2D eigenvalue weighted by atomic mass is 10.2. The smallest absolute Gasteiger partial charge is 0.290 e. The summed E-state index contributed by atoms with van der Waals surface area (Å²) >= 11 is 11.8. The van der Waals surface area contributed by atoms with E-state index in [4.69, 9.17) is 32.4 Å². The lowest BCUT2D eigenvalue weighted by molar-refractivity contribution is 0.0918. The molecule has 0 atom stereocenters. The van der Waals surface area contributed by atoms with Crippen molar-refractivity contribution in [3.63, 3.8) is 0 Å². The molecule has 7 heteroatoms. The number of pyridine rings is 1. The molecule has 0 unspecified atom stereocenters. The van der Waals surface area contributed by atoms with Crippen molar-refractivity contribution < 1.29 is 13.9 Å². The Kier molecular flexibility index (Phi) is 5.03. The second-order valence-electron chi connectivity index (χ2n) is 4.86. The minimum Gasteiger partial charge on any atom is -0.426 e. The molecule has 0 aliphatic heterocycles. The van der Waals surface area contributed by atoms with Gasteiger partial charge in [-0.05, 0) is 42.0 Å². The van der Waals surface area contributed by atoms with Crippen LogP contribution >= 0.6 is 23.2 Å². The van der Waals surface area contributed by atoms with Gasteiger partial charge in [0.05, 0.1) is 0 Å². The fourth-order valence-electron chi connectivity index (χ4n) is 1.97. The summed E-state index contributed by atoms with van der Waals surface area (Å²) in [6, 6.07) is 11.5. The summed E-state index contributed by atoms with van der Waals surface area (Å²) in [6.45, 7) is 0.377. The van der Waals surface area contributed by atoms with E-state index in [1.54, 1.807) is 36.7 Å². The largest absolute Gasteiger partial charge is 0.426 e. The summed E-state index contributed by atoms with van der Waals surface area (Å²) in [6.07, 6.45) is 3.33. The molecule has 122 valence electrons. The molecule has 1 amide bonds. The van der Waals surface area contributed by atoms with Crippen LogP contribution in [0.1, 0.15) is 16.1 Å². The monoisotopic (exact) mass is 362 g/mol. The number of hydrogen-bond donors (Lipinski definition) is 1. The number of rotatable bonds is 5. The standard InChI is InChI=1S/C17H12Cl2N2O3/c18-12-7-13(19)9-14(8-12)23-16-2-1-15(24-16)17(22)21-10-11-3-5-20-6-4-11/h1-9H,10H2,(H,21,22). The van der Waals surface area contributed by atoms with Gasteiger partial charge in [-0.3, -0.25) is 9.78 Å². The Balaban J connectivity index is 1.63. The predicted molar refractivity (Wildman–Crippen MR) is 90.7 cm³/mol. The minimum atomic E-state index is -0.342. The molecule has 0 saturated heterocycles. The Hall–Kier alpha value is -2.50. The first kappa shape index (κ1) is 16.4. The molecule has 2 aromatic heterocycles. The normalized spacial score (nSPS) is 10.4. The van der Waals surface area contributed by atoms with Crippen LogP contribution in [-0.2, 0) is 6.54 Å². The Labute approximate surface area is 148 Å². The van der Waals surface area contributed by atoms with Gasteiger partial charge in [-0.15, -0.1) is 0 Å². The van der Waals surface area contributed by atoms with Crippen molar-refractivity contribution in [2.75, 3.05) is 0 Å². The maximum absolute atomic E-state index is 12.1. The van der Waals surface area contributed by atoms with E-state index in [9.17, 15) is 4.79 Å². The Morgan fingerprint density at radius 1 is 1.08 bits per heavy atom. The number of amides is 1. The highest BCUT2D eigenvalue weighted by atomic mass is 35.5. The van der Waals surface area contributed by atoms with Gasteiger partial charge in [-0.2, -0.15) is 0 Å². The van der Waals surface area contributed by atoms with E-state index < -0.39 is 0 Å². The molecule has 0 aliphatic rings. The van der Waals surface area contributed by atoms with Gasteiger partial charge in [-0.25, -0.2) is 0 Å². The summed E-state index contributed by atoms with van der Waals surface area (Å²) in [7, 11) is 0. The molecule has 1 N–H and O–H groups in total. The lowest BCUT2D eigenvalue weighted by Crippen LogP contribution is -2.22. The van der Waals surface area contributed by atoms with Gasteiger partial charge in [0.2, 0.25) is 0 Å². The van der Waals surface area contributed by atoms with Gasteiger partial charge in [0, 0.05) is 35.1 Å². The van der Waals surface area contributed by atoms with Crippen LogP contribution in [0.15, 0.2) is 59.3 Å². The quantitative estimate of drug-likeness (QED) is 0.714. The Bertz CT molecular complexity index is 830. The van der Waals surface area contributed by atoms with Gasteiger partial charge in [0.1, 0.15) is 5.75 Å². The summed E-state index contributed by atoms with van der Waals surface area (Å²) in [4.78, 5) is 16.0. The minimum absolute atomic E-state index is 0.146. The number of halogens is 2. The zero-order valence-corrected chi connectivity index (χ0v) is 13.8. The number of carbonyl (C=O) groups is 1. The van der Waals surface area contributed by atoms with Crippen molar-refractivity contribution >= 4 is 29.1 Å². The van der Waals surface area contributed by atoms with Gasteiger partial charge in [0.25, 0.3) is 11.9 Å². The topological polar surface area (TPSA) is 64.4 Å². The van der Waals surface area contributed by atoms with E-state index in [-0.39, 0.29) is 17.6 Å². The maximum atomic E-state index is 12.1. The summed E-state index contributed by atoms with van der Waals surface area (Å²) in [5, 5.41) is 3.64. The molecule has 0 saturated carbocycles. The van der Waals surface area contributed by atoms with Crippen LogP contribution in [0.4, 0.5) is 0 Å². The van der Waals surface area contributed by atoms with Crippen LogP contribution in [0.25, 0.3) is 0 Å². The lowest BCUT2D eigenvalue weighted by Gasteiger charge is -2.04. The van der Waals surface area contributed by atoms with Crippen molar-refractivity contribution in [2.45, 2.75) is 6.54 Å². The zero-order valence-electron chi connectivity index (χ0n) is 12.3. The van der Waals surface area contributed by atoms with Crippen molar-refractivity contribution in [3.8, 4) is 11.7 Å². The number of benzene rings is 1. The fourth-order valence-corrected chi connectivity index (χ4v) is 2.48. The summed E-state index contributed by atoms with van der Waals surface area (Å²) in [5.41, 5.74) is 0.940. The van der Waals surface area contributed by atoms with Crippen LogP contribution in [0, 0.1) is 0 Å². The van der Waals surface area contributed by atoms with E-state index in [0.29, 0.717) is 22.3 Å². The fraction of sp³-hybridized carbons (Fsp3) is 0.0588. The van der Waals surface area contributed by atoms with E-state index in [2.05, 4.69) is 10.3 Å². The summed E-state index contributed by atoms with van der Waals surface area (Å²) < 4.78 is 10.9. The second kappa shape index (κ2) is 7.38. The third kappa shape index (κ3) is 4.28. The first-order valence-electron chi connectivity index (χ1n) is 7.01. The summed E-state index contributed by atoms with van der Waals surface area (Å²) in [5.74, 6) is 0.394. The molecular formula is C17H12Cl2N2O3. The second-order valence-corrected chi connectivity index (χ2v) is 5.74. The Morgan fingerprint density at radius 3 is 2.50 bits per heavy atom. The van der Waals surface area contributed by atoms with Crippen LogP contribution < -0.4 is 10.1 Å². The molecule has 3 aromatic rings.